The van der Waals surface area contributed by atoms with Gasteiger partial charge in [0.2, 0.25) is 5.91 Å². The molecule has 1 aliphatic heterocycles. The maximum Gasteiger partial charge on any atom is 0.221 e. The van der Waals surface area contributed by atoms with E-state index in [0.717, 1.165) is 18.7 Å². The van der Waals surface area contributed by atoms with Crippen LogP contribution in [0.4, 0.5) is 5.69 Å². The number of aliphatic hydroxyl groups is 1. The van der Waals surface area contributed by atoms with Gasteiger partial charge in [0.05, 0.1) is 17.3 Å². The Morgan fingerprint density at radius 3 is 2.83 bits per heavy atom. The van der Waals surface area contributed by atoms with Gasteiger partial charge in [-0.1, -0.05) is 11.6 Å². The molecule has 7 nitrogen and oxygen atoms in total. The summed E-state index contributed by atoms with van der Waals surface area (Å²) < 4.78 is 11.7. The number of amides is 1. The summed E-state index contributed by atoms with van der Waals surface area (Å²) in [5.74, 6) is 0.925. The topological polar surface area (TPSA) is 94.8 Å². The second-order valence-corrected chi connectivity index (χ2v) is 7.65. The number of hydrogen-bond donors (Lipinski definition) is 2. The van der Waals surface area contributed by atoms with Crippen molar-refractivity contribution in [3.05, 3.63) is 53.1 Å². The van der Waals surface area contributed by atoms with Crippen LogP contribution in [-0.4, -0.2) is 54.4 Å². The van der Waals surface area contributed by atoms with E-state index in [1.165, 1.54) is 6.92 Å². The predicted molar refractivity (Wildman–Crippen MR) is 114 cm³/mol. The minimum atomic E-state index is -0.708. The maximum atomic E-state index is 11.4. The van der Waals surface area contributed by atoms with Crippen LogP contribution in [0.15, 0.2) is 42.5 Å². The average molecular weight is 430 g/mol. The Balaban J connectivity index is 1.48. The van der Waals surface area contributed by atoms with E-state index in [2.05, 4.69) is 10.2 Å². The number of aliphatic hydroxyl groups excluding tert-OH is 1. The van der Waals surface area contributed by atoms with Gasteiger partial charge in [-0.05, 0) is 48.9 Å². The molecule has 0 bridgehead atoms. The number of likely N-dealkylation sites (tertiary alicyclic amines) is 1. The molecule has 1 aliphatic rings. The monoisotopic (exact) mass is 429 g/mol. The fourth-order valence-corrected chi connectivity index (χ4v) is 3.44. The lowest BCUT2D eigenvalue weighted by atomic mass is 10.2. The third kappa shape index (κ3) is 6.36. The van der Waals surface area contributed by atoms with E-state index in [4.69, 9.17) is 26.3 Å². The number of carbonyl (C=O) groups excluding carboxylic acids is 1. The largest absolute Gasteiger partial charge is 0.489 e. The zero-order chi connectivity index (χ0) is 21.5. The molecule has 0 aromatic heterocycles. The third-order valence-corrected chi connectivity index (χ3v) is 4.92. The lowest BCUT2D eigenvalue weighted by Gasteiger charge is -2.21. The number of ether oxygens (including phenoxy) is 2. The molecule has 2 unspecified atom stereocenters. The van der Waals surface area contributed by atoms with Crippen LogP contribution < -0.4 is 14.8 Å². The number of hydrogen-bond acceptors (Lipinski definition) is 6. The Labute approximate surface area is 180 Å². The number of halogens is 1. The van der Waals surface area contributed by atoms with Gasteiger partial charge >= 0.3 is 0 Å². The molecule has 8 heteroatoms. The van der Waals surface area contributed by atoms with Gasteiger partial charge in [-0.15, -0.1) is 0 Å². The Morgan fingerprint density at radius 1 is 1.37 bits per heavy atom. The molecule has 1 fully saturated rings. The minimum Gasteiger partial charge on any atom is -0.489 e. The van der Waals surface area contributed by atoms with Crippen LogP contribution in [0, 0.1) is 11.3 Å². The highest BCUT2D eigenvalue weighted by Gasteiger charge is 2.26. The summed E-state index contributed by atoms with van der Waals surface area (Å²) in [5.41, 5.74) is 0.821. The number of carbonyl (C=O) groups is 1. The molecule has 0 aliphatic carbocycles. The fraction of sp³-hybridized carbons (Fsp3) is 0.364. The number of nitrogens with zero attached hydrogens (tertiary/aromatic N) is 2. The smallest absolute Gasteiger partial charge is 0.221 e. The van der Waals surface area contributed by atoms with Crippen molar-refractivity contribution < 1.29 is 19.4 Å². The molecule has 2 atom stereocenters. The number of anilines is 1. The quantitative estimate of drug-likeness (QED) is 0.669. The molecular formula is C22H24ClN3O4. The normalized spacial score (nSPS) is 17.2. The first-order valence-electron chi connectivity index (χ1n) is 9.70. The van der Waals surface area contributed by atoms with Crippen LogP contribution in [-0.2, 0) is 4.79 Å². The summed E-state index contributed by atoms with van der Waals surface area (Å²) in [7, 11) is 0. The molecule has 2 aromatic rings. The molecule has 1 heterocycles. The molecule has 158 valence electrons. The van der Waals surface area contributed by atoms with E-state index >= 15 is 0 Å². The molecule has 1 amide bonds. The third-order valence-electron chi connectivity index (χ3n) is 4.67. The molecule has 0 spiro atoms. The summed E-state index contributed by atoms with van der Waals surface area (Å²) in [4.78, 5) is 13.5. The highest BCUT2D eigenvalue weighted by molar-refractivity contribution is 6.30. The van der Waals surface area contributed by atoms with Gasteiger partial charge in [-0.25, -0.2) is 0 Å². The zero-order valence-electron chi connectivity index (χ0n) is 16.7. The molecular weight excluding hydrogens is 406 g/mol. The SMILES string of the molecule is CC(=O)Nc1cc(C#N)ccc1OCC(O)CN1CCC(Oc2ccc(Cl)cc2)C1. The second kappa shape index (κ2) is 10.3. The standard InChI is InChI=1S/C22H24ClN3O4/c1-15(27)25-21-10-16(11-24)2-7-22(21)29-14-18(28)12-26-9-8-20(13-26)30-19-5-3-17(23)4-6-19/h2-7,10,18,20,28H,8-9,12-14H2,1H3,(H,25,27). The van der Waals surface area contributed by atoms with Crippen molar-refractivity contribution in [1.82, 2.24) is 4.90 Å². The summed E-state index contributed by atoms with van der Waals surface area (Å²) in [6, 6.07) is 14.1. The number of β-amino-alcohol motifs (C(OH)–C–C–N with tert-alkyl or cyclic N) is 1. The van der Waals surface area contributed by atoms with Gasteiger partial charge in [0.1, 0.15) is 30.3 Å². The van der Waals surface area contributed by atoms with E-state index in [1.54, 1.807) is 30.3 Å². The van der Waals surface area contributed by atoms with E-state index in [9.17, 15) is 9.90 Å². The maximum absolute atomic E-state index is 11.4. The zero-order valence-corrected chi connectivity index (χ0v) is 17.4. The number of rotatable bonds is 8. The molecule has 0 saturated carbocycles. The summed E-state index contributed by atoms with van der Waals surface area (Å²) in [6.45, 7) is 3.44. The van der Waals surface area contributed by atoms with E-state index < -0.39 is 6.10 Å². The molecule has 30 heavy (non-hydrogen) atoms. The summed E-state index contributed by atoms with van der Waals surface area (Å²) in [6.07, 6.45) is 0.225. The number of nitriles is 1. The van der Waals surface area contributed by atoms with Gasteiger partial charge in [0.15, 0.2) is 0 Å². The molecule has 2 aromatic carbocycles. The molecule has 2 N–H and O–H groups in total. The first-order valence-corrected chi connectivity index (χ1v) is 10.1. The van der Waals surface area contributed by atoms with E-state index in [1.807, 2.05) is 18.2 Å². The van der Waals surface area contributed by atoms with Crippen molar-refractivity contribution in [3.63, 3.8) is 0 Å². The summed E-state index contributed by atoms with van der Waals surface area (Å²) in [5, 5.41) is 22.7. The van der Waals surface area contributed by atoms with Crippen LogP contribution >= 0.6 is 11.6 Å². The van der Waals surface area contributed by atoms with Crippen LogP contribution in [0.2, 0.25) is 5.02 Å². The minimum absolute atomic E-state index is 0.0594. The Morgan fingerprint density at radius 2 is 2.13 bits per heavy atom. The van der Waals surface area contributed by atoms with E-state index in [-0.39, 0.29) is 18.6 Å². The van der Waals surface area contributed by atoms with E-state index in [0.29, 0.717) is 35.1 Å². The van der Waals surface area contributed by atoms with Crippen LogP contribution in [0.5, 0.6) is 11.5 Å². The van der Waals surface area contributed by atoms with Gasteiger partial charge in [0.25, 0.3) is 0 Å². The van der Waals surface area contributed by atoms with Gasteiger partial charge in [-0.3, -0.25) is 9.69 Å². The van der Waals surface area contributed by atoms with Crippen molar-refractivity contribution >= 4 is 23.2 Å². The number of nitrogens with one attached hydrogen (secondary N) is 1. The highest BCUT2D eigenvalue weighted by atomic mass is 35.5. The Hall–Kier alpha value is -2.79. The second-order valence-electron chi connectivity index (χ2n) is 7.21. The van der Waals surface area contributed by atoms with Gasteiger partial charge in [0, 0.05) is 31.6 Å². The molecule has 0 radical (unpaired) electrons. The molecule has 3 rings (SSSR count). The van der Waals surface area contributed by atoms with Crippen molar-refractivity contribution in [2.24, 2.45) is 0 Å². The highest BCUT2D eigenvalue weighted by Crippen LogP contribution is 2.26. The first-order chi connectivity index (χ1) is 14.4. The van der Waals surface area contributed by atoms with Crippen LogP contribution in [0.1, 0.15) is 18.9 Å². The Kier molecular flexibility index (Phi) is 7.52. The van der Waals surface area contributed by atoms with Crippen LogP contribution in [0.3, 0.4) is 0 Å². The first kappa shape index (κ1) is 21.9. The van der Waals surface area contributed by atoms with Gasteiger partial charge in [-0.2, -0.15) is 5.26 Å². The van der Waals surface area contributed by atoms with Crippen molar-refractivity contribution in [3.8, 4) is 17.6 Å². The molecule has 1 saturated heterocycles. The van der Waals surface area contributed by atoms with Gasteiger partial charge < -0.3 is 19.9 Å². The average Bonchev–Trinajstić information content (AvgIpc) is 3.15. The predicted octanol–water partition coefficient (Wildman–Crippen LogP) is 3.06. The number of benzene rings is 2. The van der Waals surface area contributed by atoms with Crippen molar-refractivity contribution in [2.45, 2.75) is 25.6 Å². The Bertz CT molecular complexity index is 914. The van der Waals surface area contributed by atoms with Crippen LogP contribution in [0.25, 0.3) is 0 Å². The fourth-order valence-electron chi connectivity index (χ4n) is 3.31. The lowest BCUT2D eigenvalue weighted by Crippen LogP contribution is -2.35. The summed E-state index contributed by atoms with van der Waals surface area (Å²) >= 11 is 5.89. The van der Waals surface area contributed by atoms with Crippen molar-refractivity contribution in [1.29, 1.82) is 5.26 Å². The van der Waals surface area contributed by atoms with Crippen molar-refractivity contribution in [2.75, 3.05) is 31.6 Å². The lowest BCUT2D eigenvalue weighted by molar-refractivity contribution is -0.114.